The quantitative estimate of drug-likeness (QED) is 0.497. The van der Waals surface area contributed by atoms with Gasteiger partial charge in [-0.1, -0.05) is 18.2 Å². The molecule has 0 bridgehead atoms. The van der Waals surface area contributed by atoms with Crippen molar-refractivity contribution in [2.45, 2.75) is 6.92 Å². The maximum atomic E-state index is 9.87. The number of nitrogens with zero attached hydrogens (tertiary/aromatic N) is 4. The maximum absolute atomic E-state index is 9.87. The molecule has 0 aliphatic rings. The van der Waals surface area contributed by atoms with Gasteiger partial charge in [-0.15, -0.1) is 10.2 Å². The highest BCUT2D eigenvalue weighted by Crippen LogP contribution is 2.35. The van der Waals surface area contributed by atoms with Crippen molar-refractivity contribution in [2.75, 3.05) is 5.32 Å². The van der Waals surface area contributed by atoms with Crippen molar-refractivity contribution >= 4 is 39.6 Å². The van der Waals surface area contributed by atoms with E-state index in [1.165, 1.54) is 0 Å². The lowest BCUT2D eigenvalue weighted by Gasteiger charge is -2.01. The highest BCUT2D eigenvalue weighted by Gasteiger charge is 2.09. The molecule has 0 saturated carbocycles. The van der Waals surface area contributed by atoms with Gasteiger partial charge in [0.05, 0.1) is 23.6 Å². The van der Waals surface area contributed by atoms with Crippen LogP contribution in [0.1, 0.15) is 5.82 Å². The predicted octanol–water partition coefficient (Wildman–Crippen LogP) is 3.45. The molecule has 3 aromatic rings. The van der Waals surface area contributed by atoms with Gasteiger partial charge in [0.15, 0.2) is 5.69 Å². The molecule has 3 rings (SSSR count). The first-order valence-electron chi connectivity index (χ1n) is 6.44. The van der Waals surface area contributed by atoms with E-state index in [-0.39, 0.29) is 11.0 Å². The van der Waals surface area contributed by atoms with Gasteiger partial charge in [0.1, 0.15) is 5.82 Å². The van der Waals surface area contributed by atoms with Crippen LogP contribution >= 0.6 is 12.2 Å². The summed E-state index contributed by atoms with van der Waals surface area (Å²) in [7, 11) is 0. The molecular weight excluding hydrogens is 300 g/mol. The van der Waals surface area contributed by atoms with Gasteiger partial charge in [0.25, 0.3) is 0 Å². The van der Waals surface area contributed by atoms with Gasteiger partial charge < -0.3 is 15.4 Å². The highest BCUT2D eigenvalue weighted by atomic mass is 32.1. The molecule has 22 heavy (non-hydrogen) atoms. The topological polar surface area (TPSA) is 98.5 Å². The number of hydrogen-bond acceptors (Lipinski definition) is 5. The number of aromatic hydroxyl groups is 1. The van der Waals surface area contributed by atoms with Gasteiger partial charge in [0.2, 0.25) is 11.0 Å². The van der Waals surface area contributed by atoms with E-state index in [0.29, 0.717) is 17.2 Å². The molecule has 0 aliphatic heterocycles. The molecule has 2 aromatic heterocycles. The summed E-state index contributed by atoms with van der Waals surface area (Å²) < 4.78 is 0. The van der Waals surface area contributed by atoms with Crippen LogP contribution in [0.5, 0.6) is 5.88 Å². The van der Waals surface area contributed by atoms with Crippen LogP contribution in [0.4, 0.5) is 11.4 Å². The Morgan fingerprint density at radius 2 is 2.00 bits per heavy atom. The lowest BCUT2D eigenvalue weighted by atomic mass is 10.2. The standard InChI is InChI=1S/C14H12N6OS/c1-8-15-6-9(7-16-8)17-14(22)20-19-12-10-4-2-3-5-11(10)18-13(12)21/h2-7,18,21H,1H3,(H,17,22). The molecule has 110 valence electrons. The third kappa shape index (κ3) is 2.91. The van der Waals surface area contributed by atoms with E-state index in [1.54, 1.807) is 19.3 Å². The Hall–Kier alpha value is -2.87. The fraction of sp³-hybridized carbons (Fsp3) is 0.0714. The zero-order valence-electron chi connectivity index (χ0n) is 11.6. The van der Waals surface area contributed by atoms with Gasteiger partial charge in [-0.3, -0.25) is 0 Å². The van der Waals surface area contributed by atoms with E-state index < -0.39 is 0 Å². The first-order chi connectivity index (χ1) is 10.6. The maximum Gasteiger partial charge on any atom is 0.218 e. The van der Waals surface area contributed by atoms with Crippen LogP contribution in [0, 0.1) is 6.92 Å². The van der Waals surface area contributed by atoms with Crippen LogP contribution in [0.15, 0.2) is 46.9 Å². The zero-order valence-corrected chi connectivity index (χ0v) is 12.4. The predicted molar refractivity (Wildman–Crippen MR) is 87.5 cm³/mol. The molecular formula is C14H12N6OS. The van der Waals surface area contributed by atoms with E-state index in [4.69, 9.17) is 12.2 Å². The van der Waals surface area contributed by atoms with E-state index in [1.807, 2.05) is 24.3 Å². The average molecular weight is 312 g/mol. The van der Waals surface area contributed by atoms with Gasteiger partial charge in [-0.2, -0.15) is 0 Å². The fourth-order valence-corrected chi connectivity index (χ4v) is 2.07. The molecule has 2 heterocycles. The van der Waals surface area contributed by atoms with Crippen molar-refractivity contribution in [3.8, 4) is 5.88 Å². The summed E-state index contributed by atoms with van der Waals surface area (Å²) in [5.74, 6) is 0.619. The summed E-state index contributed by atoms with van der Waals surface area (Å²) in [6.07, 6.45) is 3.21. The van der Waals surface area contributed by atoms with Crippen molar-refractivity contribution < 1.29 is 5.11 Å². The minimum absolute atomic E-state index is 0.0496. The monoisotopic (exact) mass is 312 g/mol. The molecule has 0 radical (unpaired) electrons. The molecule has 0 aliphatic carbocycles. The number of para-hydroxylation sites is 1. The second kappa shape index (κ2) is 5.86. The minimum Gasteiger partial charge on any atom is -0.493 e. The number of aryl methyl sites for hydroxylation is 1. The molecule has 8 heteroatoms. The van der Waals surface area contributed by atoms with Crippen LogP contribution < -0.4 is 5.32 Å². The third-order valence-electron chi connectivity index (χ3n) is 2.93. The van der Waals surface area contributed by atoms with Crippen LogP contribution in [0.2, 0.25) is 0 Å². The summed E-state index contributed by atoms with van der Waals surface area (Å²) in [4.78, 5) is 10.9. The Labute approximate surface area is 131 Å². The number of benzene rings is 1. The van der Waals surface area contributed by atoms with E-state index >= 15 is 0 Å². The third-order valence-corrected chi connectivity index (χ3v) is 3.12. The molecule has 0 amide bonds. The largest absolute Gasteiger partial charge is 0.493 e. The minimum atomic E-state index is -0.0496. The Bertz CT molecular complexity index is 855. The second-order valence-electron chi connectivity index (χ2n) is 4.52. The number of rotatable bonds is 2. The summed E-state index contributed by atoms with van der Waals surface area (Å²) in [6, 6.07) is 7.40. The number of H-pyrrole nitrogens is 1. The Kier molecular flexibility index (Phi) is 3.75. The van der Waals surface area contributed by atoms with Crippen molar-refractivity contribution in [3.63, 3.8) is 0 Å². The van der Waals surface area contributed by atoms with Crippen molar-refractivity contribution in [3.05, 3.63) is 42.5 Å². The summed E-state index contributed by atoms with van der Waals surface area (Å²) >= 11 is 5.09. The van der Waals surface area contributed by atoms with Gasteiger partial charge in [0, 0.05) is 5.39 Å². The summed E-state index contributed by atoms with van der Waals surface area (Å²) in [5.41, 5.74) is 1.75. The molecule has 0 saturated heterocycles. The number of fused-ring (bicyclic) bond motifs is 1. The first kappa shape index (κ1) is 14.1. The van der Waals surface area contributed by atoms with Gasteiger partial charge >= 0.3 is 0 Å². The SMILES string of the molecule is Cc1ncc(NC(=S)N=Nc2c(O)[nH]c3ccccc23)cn1. The van der Waals surface area contributed by atoms with Crippen LogP contribution in [-0.2, 0) is 0 Å². The molecule has 0 spiro atoms. The number of anilines is 1. The number of aromatic nitrogens is 3. The second-order valence-corrected chi connectivity index (χ2v) is 4.90. The van der Waals surface area contributed by atoms with E-state index in [2.05, 4.69) is 30.5 Å². The summed E-state index contributed by atoms with van der Waals surface area (Å²) in [6.45, 7) is 1.79. The van der Waals surface area contributed by atoms with Crippen LogP contribution in [0.3, 0.4) is 0 Å². The van der Waals surface area contributed by atoms with Gasteiger partial charge in [-0.05, 0) is 25.2 Å². The normalized spacial score (nSPS) is 11.1. The van der Waals surface area contributed by atoms with Crippen molar-refractivity contribution in [1.82, 2.24) is 15.0 Å². The van der Waals surface area contributed by atoms with E-state index in [0.717, 1.165) is 10.9 Å². The Balaban J connectivity index is 1.79. The fourth-order valence-electron chi connectivity index (χ4n) is 1.92. The number of hydrogen-bond donors (Lipinski definition) is 3. The van der Waals surface area contributed by atoms with Crippen LogP contribution in [-0.4, -0.2) is 25.2 Å². The lowest BCUT2D eigenvalue weighted by Crippen LogP contribution is -2.06. The molecule has 7 nitrogen and oxygen atoms in total. The molecule has 1 aromatic carbocycles. The Morgan fingerprint density at radius 1 is 1.27 bits per heavy atom. The number of azo groups is 1. The Morgan fingerprint density at radius 3 is 2.77 bits per heavy atom. The average Bonchev–Trinajstić information content (AvgIpc) is 2.83. The first-order valence-corrected chi connectivity index (χ1v) is 6.85. The molecule has 0 atom stereocenters. The van der Waals surface area contributed by atoms with Crippen molar-refractivity contribution in [1.29, 1.82) is 0 Å². The van der Waals surface area contributed by atoms with Crippen molar-refractivity contribution in [2.24, 2.45) is 10.2 Å². The lowest BCUT2D eigenvalue weighted by molar-refractivity contribution is 0.459. The number of nitrogens with one attached hydrogen (secondary N) is 2. The molecule has 3 N–H and O–H groups in total. The smallest absolute Gasteiger partial charge is 0.218 e. The number of aromatic amines is 1. The van der Waals surface area contributed by atoms with Crippen LogP contribution in [0.25, 0.3) is 10.9 Å². The van der Waals surface area contributed by atoms with Gasteiger partial charge in [-0.25, -0.2) is 9.97 Å². The highest BCUT2D eigenvalue weighted by molar-refractivity contribution is 7.80. The molecule has 0 fully saturated rings. The molecule has 0 unspecified atom stereocenters. The van der Waals surface area contributed by atoms with E-state index in [9.17, 15) is 5.11 Å². The zero-order chi connectivity index (χ0) is 15.5. The number of thiocarbonyl (C=S) groups is 1. The summed E-state index contributed by atoms with van der Waals surface area (Å²) in [5, 5.41) is 21.6.